The Labute approximate surface area is 78.7 Å². The van der Waals surface area contributed by atoms with E-state index in [1.165, 1.54) is 0 Å². The normalized spacial score (nSPS) is 22.3. The van der Waals surface area contributed by atoms with E-state index in [1.807, 2.05) is 19.9 Å². The van der Waals surface area contributed by atoms with Gasteiger partial charge < -0.3 is 9.47 Å². The number of carbonyl (C=O) groups is 1. The molecule has 0 aromatic heterocycles. The van der Waals surface area contributed by atoms with Crippen LogP contribution in [0, 0.1) is 0 Å². The number of hydrogen-bond acceptors (Lipinski definition) is 3. The van der Waals surface area contributed by atoms with Gasteiger partial charge >= 0.3 is 5.97 Å². The second-order valence-electron chi connectivity index (χ2n) is 2.96. The second kappa shape index (κ2) is 5.02. The number of rotatable bonds is 4. The Morgan fingerprint density at radius 3 is 2.69 bits per heavy atom. The molecule has 1 atom stereocenters. The van der Waals surface area contributed by atoms with Gasteiger partial charge in [0.15, 0.2) is 0 Å². The van der Waals surface area contributed by atoms with Crippen LogP contribution in [0.15, 0.2) is 11.6 Å². The van der Waals surface area contributed by atoms with E-state index < -0.39 is 0 Å². The van der Waals surface area contributed by atoms with Crippen molar-refractivity contribution in [2.75, 3.05) is 13.2 Å². The molecule has 0 aromatic rings. The van der Waals surface area contributed by atoms with Crippen molar-refractivity contribution in [2.45, 2.75) is 32.8 Å². The molecule has 0 N–H and O–H groups in total. The predicted molar refractivity (Wildman–Crippen MR) is 49.4 cm³/mol. The smallest absolute Gasteiger partial charge is 0.333 e. The van der Waals surface area contributed by atoms with E-state index in [1.54, 1.807) is 0 Å². The van der Waals surface area contributed by atoms with Gasteiger partial charge in [-0.3, -0.25) is 0 Å². The van der Waals surface area contributed by atoms with Crippen LogP contribution in [0.4, 0.5) is 0 Å². The molecule has 0 spiro atoms. The summed E-state index contributed by atoms with van der Waals surface area (Å²) in [6.07, 6.45) is 3.74. The van der Waals surface area contributed by atoms with Crippen molar-refractivity contribution in [3.05, 3.63) is 11.6 Å². The summed E-state index contributed by atoms with van der Waals surface area (Å²) in [5.74, 6) is -0.208. The number of carbonyl (C=O) groups excluding carboxylic acids is 1. The van der Waals surface area contributed by atoms with Crippen molar-refractivity contribution in [1.29, 1.82) is 0 Å². The van der Waals surface area contributed by atoms with Crippen molar-refractivity contribution in [3.63, 3.8) is 0 Å². The Morgan fingerprint density at radius 1 is 1.62 bits per heavy atom. The molecule has 1 saturated heterocycles. The maximum absolute atomic E-state index is 11.3. The Bertz CT molecular complexity index is 204. The van der Waals surface area contributed by atoms with E-state index >= 15 is 0 Å². The van der Waals surface area contributed by atoms with E-state index in [0.717, 1.165) is 18.6 Å². The van der Waals surface area contributed by atoms with Crippen LogP contribution in [-0.4, -0.2) is 25.3 Å². The van der Waals surface area contributed by atoms with E-state index in [4.69, 9.17) is 9.47 Å². The fourth-order valence-corrected chi connectivity index (χ4v) is 1.16. The van der Waals surface area contributed by atoms with Gasteiger partial charge in [0.2, 0.25) is 0 Å². The number of esters is 1. The van der Waals surface area contributed by atoms with Crippen molar-refractivity contribution in [1.82, 2.24) is 0 Å². The van der Waals surface area contributed by atoms with Crippen LogP contribution >= 0.6 is 0 Å². The lowest BCUT2D eigenvalue weighted by Gasteiger charge is -2.23. The van der Waals surface area contributed by atoms with Crippen LogP contribution in [0.2, 0.25) is 0 Å². The zero-order chi connectivity index (χ0) is 9.68. The largest absolute Gasteiger partial charge is 0.463 e. The molecule has 1 aliphatic rings. The summed E-state index contributed by atoms with van der Waals surface area (Å²) in [4.78, 5) is 11.3. The van der Waals surface area contributed by atoms with Crippen LogP contribution in [-0.2, 0) is 14.3 Å². The lowest BCUT2D eigenvalue weighted by Crippen LogP contribution is -2.25. The summed E-state index contributed by atoms with van der Waals surface area (Å²) in [5.41, 5.74) is 0.728. The standard InChI is InChI=1S/C10H16O3/c1-3-8(10(11)12-4-2)7-9-5-6-13-9/h7,9H,3-6H2,1-2H3. The highest BCUT2D eigenvalue weighted by molar-refractivity contribution is 5.88. The number of ether oxygens (including phenoxy) is 2. The quantitative estimate of drug-likeness (QED) is 0.492. The number of hydrogen-bond donors (Lipinski definition) is 0. The molecule has 1 rings (SSSR count). The van der Waals surface area contributed by atoms with Crippen LogP contribution in [0.5, 0.6) is 0 Å². The van der Waals surface area contributed by atoms with Gasteiger partial charge in [-0.15, -0.1) is 0 Å². The minimum absolute atomic E-state index is 0.138. The minimum atomic E-state index is -0.208. The molecule has 0 radical (unpaired) electrons. The predicted octanol–water partition coefficient (Wildman–Crippen LogP) is 1.67. The van der Waals surface area contributed by atoms with Crippen molar-refractivity contribution < 1.29 is 14.3 Å². The molecule has 3 nitrogen and oxygen atoms in total. The average Bonchev–Trinajstić information content (AvgIpc) is 2.03. The van der Waals surface area contributed by atoms with Crippen LogP contribution in [0.3, 0.4) is 0 Å². The Kier molecular flexibility index (Phi) is 3.96. The zero-order valence-electron chi connectivity index (χ0n) is 8.21. The fourth-order valence-electron chi connectivity index (χ4n) is 1.16. The molecule has 1 fully saturated rings. The third kappa shape index (κ3) is 2.84. The van der Waals surface area contributed by atoms with Crippen LogP contribution in [0.1, 0.15) is 26.7 Å². The van der Waals surface area contributed by atoms with Gasteiger partial charge in [0.05, 0.1) is 19.3 Å². The van der Waals surface area contributed by atoms with E-state index in [2.05, 4.69) is 0 Å². The molecule has 0 saturated carbocycles. The maximum Gasteiger partial charge on any atom is 0.333 e. The summed E-state index contributed by atoms with van der Waals surface area (Å²) in [6.45, 7) is 5.00. The van der Waals surface area contributed by atoms with Crippen LogP contribution < -0.4 is 0 Å². The topological polar surface area (TPSA) is 35.5 Å². The molecule has 13 heavy (non-hydrogen) atoms. The Balaban J connectivity index is 2.48. The van der Waals surface area contributed by atoms with Crippen molar-refractivity contribution in [3.8, 4) is 0 Å². The Morgan fingerprint density at radius 2 is 2.31 bits per heavy atom. The monoisotopic (exact) mass is 184 g/mol. The van der Waals surface area contributed by atoms with Gasteiger partial charge in [-0.1, -0.05) is 6.92 Å². The molecule has 0 bridgehead atoms. The highest BCUT2D eigenvalue weighted by atomic mass is 16.5. The zero-order valence-corrected chi connectivity index (χ0v) is 8.21. The molecule has 3 heteroatoms. The molecule has 0 aromatic carbocycles. The molecule has 0 aliphatic carbocycles. The van der Waals surface area contributed by atoms with Gasteiger partial charge in [-0.2, -0.15) is 0 Å². The third-order valence-corrected chi connectivity index (χ3v) is 2.04. The van der Waals surface area contributed by atoms with Gasteiger partial charge in [-0.05, 0) is 19.4 Å². The second-order valence-corrected chi connectivity index (χ2v) is 2.96. The summed E-state index contributed by atoms with van der Waals surface area (Å²) in [6, 6.07) is 0. The first-order chi connectivity index (χ1) is 6.27. The average molecular weight is 184 g/mol. The molecule has 74 valence electrons. The minimum Gasteiger partial charge on any atom is -0.463 e. The van der Waals surface area contributed by atoms with E-state index in [-0.39, 0.29) is 12.1 Å². The lowest BCUT2D eigenvalue weighted by molar-refractivity contribution is -0.138. The lowest BCUT2D eigenvalue weighted by atomic mass is 10.1. The highest BCUT2D eigenvalue weighted by Gasteiger charge is 2.18. The van der Waals surface area contributed by atoms with E-state index in [0.29, 0.717) is 13.0 Å². The fraction of sp³-hybridized carbons (Fsp3) is 0.700. The van der Waals surface area contributed by atoms with Crippen molar-refractivity contribution in [2.24, 2.45) is 0 Å². The summed E-state index contributed by atoms with van der Waals surface area (Å²) in [5, 5.41) is 0. The maximum atomic E-state index is 11.3. The van der Waals surface area contributed by atoms with Crippen molar-refractivity contribution >= 4 is 5.97 Å². The molecule has 1 unspecified atom stereocenters. The third-order valence-electron chi connectivity index (χ3n) is 2.04. The van der Waals surface area contributed by atoms with Gasteiger partial charge in [0, 0.05) is 12.0 Å². The van der Waals surface area contributed by atoms with Gasteiger partial charge in [0.25, 0.3) is 0 Å². The first-order valence-corrected chi connectivity index (χ1v) is 4.77. The van der Waals surface area contributed by atoms with Gasteiger partial charge in [0.1, 0.15) is 0 Å². The first-order valence-electron chi connectivity index (χ1n) is 4.77. The van der Waals surface area contributed by atoms with E-state index in [9.17, 15) is 4.79 Å². The van der Waals surface area contributed by atoms with Crippen LogP contribution in [0.25, 0.3) is 0 Å². The highest BCUT2D eigenvalue weighted by Crippen LogP contribution is 2.16. The summed E-state index contributed by atoms with van der Waals surface area (Å²) in [7, 11) is 0. The molecule has 1 aliphatic heterocycles. The molecule has 1 heterocycles. The van der Waals surface area contributed by atoms with Gasteiger partial charge in [-0.25, -0.2) is 4.79 Å². The SMILES string of the molecule is CCOC(=O)C(=CC1CCO1)CC. The summed E-state index contributed by atoms with van der Waals surface area (Å²) < 4.78 is 10.1. The molecular weight excluding hydrogens is 168 g/mol. The first kappa shape index (κ1) is 10.3. The Hall–Kier alpha value is -0.830. The molecule has 0 amide bonds. The summed E-state index contributed by atoms with van der Waals surface area (Å²) >= 11 is 0. The molecular formula is C10H16O3.